The summed E-state index contributed by atoms with van der Waals surface area (Å²) < 4.78 is 40.4. The molecule has 4 N–H and O–H groups in total. The first-order valence-corrected chi connectivity index (χ1v) is 6.80. The number of hydrogen-bond donors (Lipinski definition) is 3. The second kappa shape index (κ2) is 7.39. The Bertz CT molecular complexity index is 493. The number of phenolic OH excluding ortho intramolecular Hbond substituents is 1. The molecule has 1 fully saturated rings. The predicted octanol–water partition coefficient (Wildman–Crippen LogP) is 3.26. The zero-order valence-electron chi connectivity index (χ0n) is 11.7. The van der Waals surface area contributed by atoms with Crippen molar-refractivity contribution >= 4 is 12.4 Å². The largest absolute Gasteiger partial charge is 0.573 e. The number of phenols is 1. The van der Waals surface area contributed by atoms with Crippen molar-refractivity contribution in [1.82, 2.24) is 0 Å². The molecular formula is C14H19ClF3NO3. The number of rotatable bonds is 4. The van der Waals surface area contributed by atoms with Crippen LogP contribution in [0.2, 0.25) is 0 Å². The van der Waals surface area contributed by atoms with E-state index in [9.17, 15) is 23.4 Å². The van der Waals surface area contributed by atoms with Crippen molar-refractivity contribution in [3.8, 4) is 11.5 Å². The molecule has 0 aliphatic heterocycles. The van der Waals surface area contributed by atoms with Crippen LogP contribution in [0.15, 0.2) is 18.2 Å². The Morgan fingerprint density at radius 1 is 1.23 bits per heavy atom. The molecule has 126 valence electrons. The van der Waals surface area contributed by atoms with E-state index in [0.29, 0.717) is 0 Å². The summed E-state index contributed by atoms with van der Waals surface area (Å²) in [6.07, 6.45) is -2.07. The maximum atomic E-state index is 12.2. The fourth-order valence-electron chi connectivity index (χ4n) is 2.77. The van der Waals surface area contributed by atoms with Crippen LogP contribution in [0.1, 0.15) is 37.3 Å². The van der Waals surface area contributed by atoms with Gasteiger partial charge in [-0.25, -0.2) is 0 Å². The average molecular weight is 342 g/mol. The van der Waals surface area contributed by atoms with E-state index in [4.69, 9.17) is 5.73 Å². The molecule has 2 rings (SSSR count). The number of aromatic hydroxyl groups is 1. The van der Waals surface area contributed by atoms with Gasteiger partial charge in [-0.05, 0) is 37.0 Å². The van der Waals surface area contributed by atoms with Gasteiger partial charge in [-0.1, -0.05) is 12.8 Å². The Morgan fingerprint density at radius 3 is 2.36 bits per heavy atom. The van der Waals surface area contributed by atoms with Crippen LogP contribution < -0.4 is 10.5 Å². The fourth-order valence-corrected chi connectivity index (χ4v) is 2.77. The van der Waals surface area contributed by atoms with Gasteiger partial charge < -0.3 is 20.7 Å². The second-order valence-electron chi connectivity index (χ2n) is 5.33. The zero-order chi connectivity index (χ0) is 15.6. The number of alkyl halides is 3. The lowest BCUT2D eigenvalue weighted by atomic mass is 9.90. The summed E-state index contributed by atoms with van der Waals surface area (Å²) in [5.74, 6) is -0.718. The van der Waals surface area contributed by atoms with Crippen LogP contribution in [0.5, 0.6) is 11.5 Å². The Labute approximate surface area is 132 Å². The van der Waals surface area contributed by atoms with Crippen molar-refractivity contribution in [1.29, 1.82) is 0 Å². The molecule has 4 nitrogen and oxygen atoms in total. The van der Waals surface area contributed by atoms with Gasteiger partial charge in [0.05, 0.1) is 12.1 Å². The van der Waals surface area contributed by atoms with Gasteiger partial charge in [-0.15, -0.1) is 25.6 Å². The number of ether oxygens (including phenoxy) is 1. The Hall–Kier alpha value is -1.18. The van der Waals surface area contributed by atoms with Gasteiger partial charge in [0.2, 0.25) is 0 Å². The molecule has 0 saturated heterocycles. The fraction of sp³-hybridized carbons (Fsp3) is 0.571. The summed E-state index contributed by atoms with van der Waals surface area (Å²) in [5.41, 5.74) is 5.96. The number of aliphatic hydroxyl groups excluding tert-OH is 1. The summed E-state index contributed by atoms with van der Waals surface area (Å²) in [5, 5.41) is 20.0. The number of hydrogen-bond acceptors (Lipinski definition) is 4. The lowest BCUT2D eigenvalue weighted by Gasteiger charge is -2.25. The van der Waals surface area contributed by atoms with E-state index < -0.39 is 24.3 Å². The van der Waals surface area contributed by atoms with Crippen LogP contribution in [-0.4, -0.2) is 22.7 Å². The first kappa shape index (κ1) is 18.9. The van der Waals surface area contributed by atoms with Gasteiger partial charge in [0.1, 0.15) is 11.5 Å². The molecule has 0 bridgehead atoms. The van der Waals surface area contributed by atoms with E-state index in [-0.39, 0.29) is 29.6 Å². The van der Waals surface area contributed by atoms with Crippen molar-refractivity contribution in [2.45, 2.75) is 44.2 Å². The van der Waals surface area contributed by atoms with Crippen LogP contribution >= 0.6 is 12.4 Å². The molecule has 0 aromatic heterocycles. The lowest BCUT2D eigenvalue weighted by Crippen LogP contribution is -2.32. The number of halogens is 4. The van der Waals surface area contributed by atoms with Gasteiger partial charge in [0, 0.05) is 5.56 Å². The Balaban J connectivity index is 0.00000242. The third kappa shape index (κ3) is 4.66. The third-order valence-electron chi connectivity index (χ3n) is 3.84. The lowest BCUT2D eigenvalue weighted by molar-refractivity contribution is -0.274. The molecule has 1 aliphatic rings. The molecule has 0 unspecified atom stereocenters. The maximum absolute atomic E-state index is 12.2. The van der Waals surface area contributed by atoms with Crippen molar-refractivity contribution in [3.05, 3.63) is 23.8 Å². The Kier molecular flexibility index (Phi) is 6.34. The predicted molar refractivity (Wildman–Crippen MR) is 76.9 cm³/mol. The summed E-state index contributed by atoms with van der Waals surface area (Å²) in [4.78, 5) is 0. The van der Waals surface area contributed by atoms with Crippen molar-refractivity contribution in [2.24, 2.45) is 11.7 Å². The van der Waals surface area contributed by atoms with Gasteiger partial charge in [-0.3, -0.25) is 0 Å². The third-order valence-corrected chi connectivity index (χ3v) is 3.84. The van der Waals surface area contributed by atoms with Crippen LogP contribution in [0, 0.1) is 5.92 Å². The van der Waals surface area contributed by atoms with Gasteiger partial charge in [-0.2, -0.15) is 0 Å². The molecule has 0 spiro atoms. The minimum absolute atomic E-state index is 0. The molecule has 2 atom stereocenters. The molecule has 1 aromatic rings. The van der Waals surface area contributed by atoms with E-state index in [1.807, 2.05) is 0 Å². The molecule has 8 heteroatoms. The Morgan fingerprint density at radius 2 is 1.82 bits per heavy atom. The first-order valence-electron chi connectivity index (χ1n) is 6.80. The minimum atomic E-state index is -4.82. The highest BCUT2D eigenvalue weighted by Crippen LogP contribution is 2.36. The molecule has 0 amide bonds. The molecule has 1 saturated carbocycles. The molecule has 22 heavy (non-hydrogen) atoms. The highest BCUT2D eigenvalue weighted by atomic mass is 35.5. The molecule has 0 heterocycles. The zero-order valence-corrected chi connectivity index (χ0v) is 12.5. The van der Waals surface area contributed by atoms with Crippen LogP contribution in [0.25, 0.3) is 0 Å². The smallest absolute Gasteiger partial charge is 0.508 e. The van der Waals surface area contributed by atoms with Crippen molar-refractivity contribution in [2.75, 3.05) is 0 Å². The van der Waals surface area contributed by atoms with Crippen LogP contribution in [-0.2, 0) is 0 Å². The SMILES string of the molecule is Cl.N[C@@H](c1cc(OC(F)(F)F)ccc1O)[C@H](O)C1CCCC1. The standard InChI is InChI=1S/C14H18F3NO3.ClH/c15-14(16,17)21-9-5-6-11(19)10(7-9)12(18)13(20)8-3-1-2-4-8;/h5-8,12-13,19-20H,1-4,18H2;1H/t12-,13+;/m0./s1. The normalized spacial score (nSPS) is 18.6. The maximum Gasteiger partial charge on any atom is 0.573 e. The topological polar surface area (TPSA) is 75.7 Å². The van der Waals surface area contributed by atoms with Crippen LogP contribution in [0.3, 0.4) is 0 Å². The van der Waals surface area contributed by atoms with Gasteiger partial charge in [0.15, 0.2) is 0 Å². The van der Waals surface area contributed by atoms with Crippen LogP contribution in [0.4, 0.5) is 13.2 Å². The molecule has 1 aliphatic carbocycles. The van der Waals surface area contributed by atoms with E-state index in [1.165, 1.54) is 0 Å². The number of nitrogens with two attached hydrogens (primary N) is 1. The van der Waals surface area contributed by atoms with Crippen molar-refractivity contribution < 1.29 is 28.1 Å². The molecule has 1 aromatic carbocycles. The quantitative estimate of drug-likeness (QED) is 0.785. The average Bonchev–Trinajstić information content (AvgIpc) is 2.91. The number of aliphatic hydroxyl groups is 1. The van der Waals surface area contributed by atoms with Gasteiger partial charge >= 0.3 is 6.36 Å². The van der Waals surface area contributed by atoms with E-state index in [2.05, 4.69) is 4.74 Å². The summed E-state index contributed by atoms with van der Waals surface area (Å²) in [6.45, 7) is 0. The second-order valence-corrected chi connectivity index (χ2v) is 5.33. The highest BCUT2D eigenvalue weighted by Gasteiger charge is 2.33. The minimum Gasteiger partial charge on any atom is -0.508 e. The first-order chi connectivity index (χ1) is 9.78. The molecule has 0 radical (unpaired) electrons. The monoisotopic (exact) mass is 341 g/mol. The van der Waals surface area contributed by atoms with E-state index in [0.717, 1.165) is 43.9 Å². The van der Waals surface area contributed by atoms with Crippen molar-refractivity contribution in [3.63, 3.8) is 0 Å². The van der Waals surface area contributed by atoms with E-state index in [1.54, 1.807) is 0 Å². The summed E-state index contributed by atoms with van der Waals surface area (Å²) in [6, 6.07) is 2.15. The van der Waals surface area contributed by atoms with E-state index >= 15 is 0 Å². The summed E-state index contributed by atoms with van der Waals surface area (Å²) in [7, 11) is 0. The molecular weight excluding hydrogens is 323 g/mol. The summed E-state index contributed by atoms with van der Waals surface area (Å²) >= 11 is 0. The highest BCUT2D eigenvalue weighted by molar-refractivity contribution is 5.85. The van der Waals surface area contributed by atoms with Gasteiger partial charge in [0.25, 0.3) is 0 Å². The number of benzene rings is 1.